The summed E-state index contributed by atoms with van der Waals surface area (Å²) >= 11 is 0. The number of rotatable bonds is 8. The predicted molar refractivity (Wildman–Crippen MR) is 158 cm³/mol. The van der Waals surface area contributed by atoms with Crippen molar-refractivity contribution >= 4 is 34.4 Å². The number of nitrogens with zero attached hydrogens (tertiary/aromatic N) is 2. The van der Waals surface area contributed by atoms with Crippen molar-refractivity contribution in [2.45, 2.75) is 51.8 Å². The molecule has 8 heteroatoms. The number of H-pyrrole nitrogens is 1. The molecule has 0 aliphatic carbocycles. The van der Waals surface area contributed by atoms with Crippen LogP contribution in [0.25, 0.3) is 10.9 Å². The van der Waals surface area contributed by atoms with Crippen LogP contribution in [0.5, 0.6) is 0 Å². The molecule has 0 saturated carbocycles. The Hall–Kier alpha value is -4.43. The van der Waals surface area contributed by atoms with Gasteiger partial charge in [0.15, 0.2) is 0 Å². The van der Waals surface area contributed by atoms with Gasteiger partial charge in [-0.25, -0.2) is 9.69 Å². The van der Waals surface area contributed by atoms with E-state index in [0.29, 0.717) is 31.7 Å². The summed E-state index contributed by atoms with van der Waals surface area (Å²) < 4.78 is 5.56. The first kappa shape index (κ1) is 26.8. The number of aromatic amines is 1. The van der Waals surface area contributed by atoms with Crippen LogP contribution < -0.4 is 10.2 Å². The second kappa shape index (κ2) is 10.9. The Bertz CT molecular complexity index is 1620. The summed E-state index contributed by atoms with van der Waals surface area (Å²) in [7, 11) is 0. The van der Waals surface area contributed by atoms with E-state index < -0.39 is 18.1 Å². The second-order valence-corrected chi connectivity index (χ2v) is 11.0. The van der Waals surface area contributed by atoms with Gasteiger partial charge in [0.05, 0.1) is 17.4 Å². The van der Waals surface area contributed by atoms with E-state index in [0.717, 1.165) is 33.3 Å². The first-order chi connectivity index (χ1) is 19.8. The number of fused-ring (bicyclic) bond motifs is 4. The molecule has 4 aromatic rings. The predicted octanol–water partition coefficient (Wildman–Crippen LogP) is 5.50. The van der Waals surface area contributed by atoms with Crippen molar-refractivity contribution in [3.05, 3.63) is 101 Å². The van der Waals surface area contributed by atoms with Crippen LogP contribution >= 0.6 is 0 Å². The minimum absolute atomic E-state index is 0.125. The van der Waals surface area contributed by atoms with Gasteiger partial charge in [-0.1, -0.05) is 60.2 Å². The van der Waals surface area contributed by atoms with Gasteiger partial charge in [0.25, 0.3) is 11.8 Å². The fraction of sp³-hybridized carbons (Fsp3) is 0.303. The van der Waals surface area contributed by atoms with Crippen molar-refractivity contribution < 1.29 is 19.1 Å². The number of para-hydroxylation sites is 2. The molecule has 4 amide bonds. The lowest BCUT2D eigenvalue weighted by molar-refractivity contribution is -0.120. The van der Waals surface area contributed by atoms with E-state index in [1.165, 1.54) is 4.90 Å². The number of hydrogen-bond acceptors (Lipinski definition) is 4. The molecule has 2 atom stereocenters. The standard InChI is InChI=1S/C33H34N4O4/c1-20(2)41-18-8-17-34-31(38)24-10-5-7-12-27(24)37-32(39)28-19-25-23-9-4-6-11-26(23)35-29(25)30(36(28)33(37)40)22-15-13-21(3)14-16-22/h4-7,9-16,20,28,30,35H,8,17-19H2,1-3H3,(H,34,38)/t28-,30?/m0/s1. The van der Waals surface area contributed by atoms with Gasteiger partial charge in [-0.15, -0.1) is 0 Å². The molecule has 0 radical (unpaired) electrons. The molecule has 3 heterocycles. The Morgan fingerprint density at radius 3 is 2.54 bits per heavy atom. The number of carbonyl (C=O) groups is 3. The number of hydrogen-bond donors (Lipinski definition) is 2. The number of ether oxygens (including phenoxy) is 1. The third-order valence-corrected chi connectivity index (χ3v) is 7.89. The molecule has 2 N–H and O–H groups in total. The highest BCUT2D eigenvalue weighted by molar-refractivity contribution is 6.24. The lowest BCUT2D eigenvalue weighted by atomic mass is 9.88. The van der Waals surface area contributed by atoms with Gasteiger partial charge in [-0.3, -0.25) is 14.5 Å². The highest BCUT2D eigenvalue weighted by Gasteiger charge is 2.53. The zero-order valence-corrected chi connectivity index (χ0v) is 23.5. The summed E-state index contributed by atoms with van der Waals surface area (Å²) in [6.45, 7) is 6.92. The van der Waals surface area contributed by atoms with Gasteiger partial charge in [-0.2, -0.15) is 0 Å². The van der Waals surface area contributed by atoms with Crippen molar-refractivity contribution in [3.8, 4) is 0 Å². The Kier molecular flexibility index (Phi) is 7.09. The zero-order chi connectivity index (χ0) is 28.7. The molecule has 1 fully saturated rings. The van der Waals surface area contributed by atoms with Crippen LogP contribution in [0.4, 0.5) is 10.5 Å². The maximum absolute atomic E-state index is 14.2. The molecule has 1 unspecified atom stereocenters. The minimum Gasteiger partial charge on any atom is -0.379 e. The van der Waals surface area contributed by atoms with E-state index in [1.54, 1.807) is 29.2 Å². The van der Waals surface area contributed by atoms with E-state index in [2.05, 4.69) is 16.4 Å². The third-order valence-electron chi connectivity index (χ3n) is 7.89. The van der Waals surface area contributed by atoms with Gasteiger partial charge >= 0.3 is 6.03 Å². The van der Waals surface area contributed by atoms with Gasteiger partial charge in [0.2, 0.25) is 0 Å². The van der Waals surface area contributed by atoms with Crippen LogP contribution in [-0.2, 0) is 16.0 Å². The molecule has 1 aromatic heterocycles. The first-order valence-electron chi connectivity index (χ1n) is 14.2. The quantitative estimate of drug-likeness (QED) is 0.224. The van der Waals surface area contributed by atoms with E-state index in [-0.39, 0.29) is 23.5 Å². The van der Waals surface area contributed by atoms with Gasteiger partial charge in [-0.05, 0) is 56.5 Å². The fourth-order valence-corrected chi connectivity index (χ4v) is 5.94. The summed E-state index contributed by atoms with van der Waals surface area (Å²) in [5, 5.41) is 3.97. The molecule has 0 bridgehead atoms. The van der Waals surface area contributed by atoms with E-state index >= 15 is 0 Å². The van der Waals surface area contributed by atoms with Gasteiger partial charge < -0.3 is 15.0 Å². The number of carbonyl (C=O) groups excluding carboxylic acids is 3. The molecule has 0 spiro atoms. The smallest absolute Gasteiger partial charge is 0.332 e. The summed E-state index contributed by atoms with van der Waals surface area (Å²) in [5.74, 6) is -0.657. The average molecular weight is 551 g/mol. The molecule has 8 nitrogen and oxygen atoms in total. The number of aryl methyl sites for hydroxylation is 1. The zero-order valence-electron chi connectivity index (χ0n) is 23.5. The molecule has 3 aromatic carbocycles. The van der Waals surface area contributed by atoms with E-state index in [9.17, 15) is 14.4 Å². The number of urea groups is 1. The summed E-state index contributed by atoms with van der Waals surface area (Å²) in [6, 6.07) is 21.3. The third kappa shape index (κ3) is 4.78. The lowest BCUT2D eigenvalue weighted by Crippen LogP contribution is -2.44. The second-order valence-electron chi connectivity index (χ2n) is 11.0. The van der Waals surface area contributed by atoms with Crippen LogP contribution in [0.2, 0.25) is 0 Å². The van der Waals surface area contributed by atoms with Crippen LogP contribution in [0, 0.1) is 6.92 Å². The molecule has 2 aliphatic heterocycles. The molecule has 41 heavy (non-hydrogen) atoms. The van der Waals surface area contributed by atoms with Crippen molar-refractivity contribution in [1.82, 2.24) is 15.2 Å². The maximum Gasteiger partial charge on any atom is 0.332 e. The Labute approximate surface area is 239 Å². The van der Waals surface area contributed by atoms with Crippen LogP contribution in [0.15, 0.2) is 72.8 Å². The van der Waals surface area contributed by atoms with Crippen molar-refractivity contribution in [2.24, 2.45) is 0 Å². The number of aromatic nitrogens is 1. The molecular weight excluding hydrogens is 516 g/mol. The van der Waals surface area contributed by atoms with Crippen molar-refractivity contribution in [1.29, 1.82) is 0 Å². The lowest BCUT2D eigenvalue weighted by Gasteiger charge is -2.36. The monoisotopic (exact) mass is 550 g/mol. The number of anilines is 1. The van der Waals surface area contributed by atoms with E-state index in [1.807, 2.05) is 63.2 Å². The summed E-state index contributed by atoms with van der Waals surface area (Å²) in [5.41, 5.74) is 5.56. The summed E-state index contributed by atoms with van der Waals surface area (Å²) in [6.07, 6.45) is 1.18. The number of benzene rings is 3. The van der Waals surface area contributed by atoms with Gasteiger partial charge in [0, 0.05) is 36.2 Å². The van der Waals surface area contributed by atoms with E-state index in [4.69, 9.17) is 4.74 Å². The fourth-order valence-electron chi connectivity index (χ4n) is 5.94. The normalized spacial score (nSPS) is 18.2. The highest BCUT2D eigenvalue weighted by atomic mass is 16.5. The van der Waals surface area contributed by atoms with Crippen LogP contribution in [0.1, 0.15) is 59.1 Å². The highest BCUT2D eigenvalue weighted by Crippen LogP contribution is 2.45. The summed E-state index contributed by atoms with van der Waals surface area (Å²) in [4.78, 5) is 48.0. The van der Waals surface area contributed by atoms with Crippen LogP contribution in [0.3, 0.4) is 0 Å². The molecular formula is C33H34N4O4. The van der Waals surface area contributed by atoms with Gasteiger partial charge in [0.1, 0.15) is 12.1 Å². The van der Waals surface area contributed by atoms with Crippen molar-refractivity contribution in [3.63, 3.8) is 0 Å². The maximum atomic E-state index is 14.2. The Morgan fingerprint density at radius 1 is 1.02 bits per heavy atom. The Morgan fingerprint density at radius 2 is 1.76 bits per heavy atom. The first-order valence-corrected chi connectivity index (χ1v) is 14.2. The number of nitrogens with one attached hydrogen (secondary N) is 2. The number of amides is 4. The van der Waals surface area contributed by atoms with Crippen LogP contribution in [-0.4, -0.2) is 53.0 Å². The molecule has 1 saturated heterocycles. The average Bonchev–Trinajstić information content (AvgIpc) is 3.46. The molecule has 210 valence electrons. The SMILES string of the molecule is Cc1ccc(C2c3[nH]c4ccccc4c3C[C@H]3C(=O)N(c4ccccc4C(=O)NCCCOC(C)C)C(=O)N23)cc1. The molecule has 2 aliphatic rings. The number of imide groups is 1. The largest absolute Gasteiger partial charge is 0.379 e. The minimum atomic E-state index is -0.690. The molecule has 6 rings (SSSR count). The topological polar surface area (TPSA) is 94.7 Å². The van der Waals surface area contributed by atoms with Crippen molar-refractivity contribution in [2.75, 3.05) is 18.1 Å². The Balaban J connectivity index is 1.36.